The maximum Gasteiger partial charge on any atom is 0.144 e. The summed E-state index contributed by atoms with van der Waals surface area (Å²) in [5.41, 5.74) is 7.21. The molecular formula is C14H21N3O. The normalized spacial score (nSPS) is 23.2. The molecule has 2 rings (SSSR count). The fourth-order valence-electron chi connectivity index (χ4n) is 2.76. The molecule has 1 fully saturated rings. The van der Waals surface area contributed by atoms with E-state index in [1.165, 1.54) is 0 Å². The Morgan fingerprint density at radius 1 is 1.61 bits per heavy atom. The highest BCUT2D eigenvalue weighted by Gasteiger charge is 2.39. The molecule has 0 spiro atoms. The van der Waals surface area contributed by atoms with Gasteiger partial charge in [0.25, 0.3) is 0 Å². The van der Waals surface area contributed by atoms with Gasteiger partial charge in [0.05, 0.1) is 0 Å². The lowest BCUT2D eigenvalue weighted by molar-refractivity contribution is -0.127. The summed E-state index contributed by atoms with van der Waals surface area (Å²) in [7, 11) is 0. The minimum atomic E-state index is -0.184. The molecule has 18 heavy (non-hydrogen) atoms. The molecule has 0 amide bonds. The second kappa shape index (κ2) is 5.48. The van der Waals surface area contributed by atoms with E-state index < -0.39 is 0 Å². The topological polar surface area (TPSA) is 68.0 Å². The predicted molar refractivity (Wildman–Crippen MR) is 72.2 cm³/mol. The van der Waals surface area contributed by atoms with Crippen LogP contribution in [0, 0.1) is 5.41 Å². The van der Waals surface area contributed by atoms with Crippen molar-refractivity contribution in [2.45, 2.75) is 32.6 Å². The van der Waals surface area contributed by atoms with Crippen LogP contribution in [0.3, 0.4) is 0 Å². The highest BCUT2D eigenvalue weighted by atomic mass is 16.1. The molecule has 0 saturated carbocycles. The first-order chi connectivity index (χ1) is 8.68. The summed E-state index contributed by atoms with van der Waals surface area (Å²) in [6.45, 7) is 3.87. The monoisotopic (exact) mass is 247 g/mol. The van der Waals surface area contributed by atoms with Crippen LogP contribution in [0.1, 0.15) is 31.7 Å². The number of hydrogen-bond acceptors (Lipinski definition) is 4. The van der Waals surface area contributed by atoms with Crippen molar-refractivity contribution in [1.82, 2.24) is 10.3 Å². The fraction of sp³-hybridized carbons (Fsp3) is 0.571. The van der Waals surface area contributed by atoms with Gasteiger partial charge in [-0.25, -0.2) is 0 Å². The molecule has 0 bridgehead atoms. The van der Waals surface area contributed by atoms with E-state index in [1.54, 1.807) is 18.5 Å². The van der Waals surface area contributed by atoms with Crippen LogP contribution in [0.25, 0.3) is 0 Å². The smallest absolute Gasteiger partial charge is 0.144 e. The van der Waals surface area contributed by atoms with Crippen LogP contribution in [0.4, 0.5) is 5.69 Å². The summed E-state index contributed by atoms with van der Waals surface area (Å²) < 4.78 is 0. The molecule has 0 radical (unpaired) electrons. The minimum absolute atomic E-state index is 0.184. The Morgan fingerprint density at radius 3 is 3.06 bits per heavy atom. The number of nitrogens with two attached hydrogens (primary N) is 1. The van der Waals surface area contributed by atoms with Crippen molar-refractivity contribution in [3.63, 3.8) is 0 Å². The molecule has 4 nitrogen and oxygen atoms in total. The maximum atomic E-state index is 12.6. The van der Waals surface area contributed by atoms with Crippen LogP contribution in [0.2, 0.25) is 0 Å². The van der Waals surface area contributed by atoms with E-state index in [1.807, 2.05) is 0 Å². The zero-order valence-corrected chi connectivity index (χ0v) is 10.9. The summed E-state index contributed by atoms with van der Waals surface area (Å²) >= 11 is 0. The van der Waals surface area contributed by atoms with Crippen molar-refractivity contribution in [2.75, 3.05) is 18.8 Å². The Labute approximate surface area is 108 Å². The SMILES string of the molecule is CCCC1(C(=O)Cc2cnccc2N)CCNC1. The zero-order chi connectivity index (χ0) is 13.0. The largest absolute Gasteiger partial charge is 0.398 e. The van der Waals surface area contributed by atoms with Crippen molar-refractivity contribution < 1.29 is 4.79 Å². The van der Waals surface area contributed by atoms with E-state index in [0.717, 1.165) is 37.9 Å². The van der Waals surface area contributed by atoms with E-state index in [0.29, 0.717) is 17.9 Å². The summed E-state index contributed by atoms with van der Waals surface area (Å²) in [6.07, 6.45) is 6.70. The van der Waals surface area contributed by atoms with Crippen LogP contribution in [0.15, 0.2) is 18.5 Å². The summed E-state index contributed by atoms with van der Waals surface area (Å²) in [5.74, 6) is 0.300. The number of ketones is 1. The van der Waals surface area contributed by atoms with Crippen LogP contribution in [-0.4, -0.2) is 23.9 Å². The molecule has 1 aliphatic rings. The molecule has 3 N–H and O–H groups in total. The second-order valence-electron chi connectivity index (χ2n) is 5.13. The Bertz CT molecular complexity index is 425. The molecule has 1 aromatic rings. The fourth-order valence-corrected chi connectivity index (χ4v) is 2.76. The van der Waals surface area contributed by atoms with Crippen LogP contribution in [-0.2, 0) is 11.2 Å². The molecule has 2 heterocycles. The third kappa shape index (κ3) is 2.53. The van der Waals surface area contributed by atoms with Gasteiger partial charge < -0.3 is 11.1 Å². The van der Waals surface area contributed by atoms with Gasteiger partial charge in [0.1, 0.15) is 5.78 Å². The van der Waals surface area contributed by atoms with Crippen LogP contribution in [0.5, 0.6) is 0 Å². The average molecular weight is 247 g/mol. The van der Waals surface area contributed by atoms with Crippen molar-refractivity contribution >= 4 is 11.5 Å². The van der Waals surface area contributed by atoms with E-state index in [9.17, 15) is 4.79 Å². The van der Waals surface area contributed by atoms with E-state index in [2.05, 4.69) is 17.2 Å². The zero-order valence-electron chi connectivity index (χ0n) is 10.9. The standard InChI is InChI=1S/C14H21N3O/c1-2-4-14(5-7-17-10-14)13(18)8-11-9-16-6-3-12(11)15/h3,6,9,17H,2,4-5,7-8,10H2,1H3,(H2,15,16). The van der Waals surface area contributed by atoms with Gasteiger partial charge in [-0.2, -0.15) is 0 Å². The third-order valence-corrected chi connectivity index (χ3v) is 3.86. The highest BCUT2D eigenvalue weighted by molar-refractivity contribution is 5.88. The Balaban J connectivity index is 2.13. The first kappa shape index (κ1) is 13.0. The highest BCUT2D eigenvalue weighted by Crippen LogP contribution is 2.33. The number of Topliss-reactive ketones (excluding diaryl/α,β-unsaturated/α-hetero) is 1. The number of rotatable bonds is 5. The van der Waals surface area contributed by atoms with Crippen LogP contribution < -0.4 is 11.1 Å². The number of hydrogen-bond donors (Lipinski definition) is 2. The van der Waals surface area contributed by atoms with Crippen molar-refractivity contribution in [3.8, 4) is 0 Å². The average Bonchev–Trinajstić information content (AvgIpc) is 2.82. The number of anilines is 1. The number of aromatic nitrogens is 1. The van der Waals surface area contributed by atoms with Crippen molar-refractivity contribution in [3.05, 3.63) is 24.0 Å². The Morgan fingerprint density at radius 2 is 2.44 bits per heavy atom. The molecule has 0 aromatic carbocycles. The maximum absolute atomic E-state index is 12.6. The molecule has 1 unspecified atom stereocenters. The van der Waals surface area contributed by atoms with E-state index in [4.69, 9.17) is 5.73 Å². The van der Waals surface area contributed by atoms with Crippen LogP contribution >= 0.6 is 0 Å². The predicted octanol–water partition coefficient (Wildman–Crippen LogP) is 1.56. The van der Waals surface area contributed by atoms with Crippen molar-refractivity contribution in [2.24, 2.45) is 5.41 Å². The second-order valence-corrected chi connectivity index (χ2v) is 5.13. The quantitative estimate of drug-likeness (QED) is 0.828. The molecule has 1 saturated heterocycles. The number of carbonyl (C=O) groups is 1. The van der Waals surface area contributed by atoms with Gasteiger partial charge in [0.15, 0.2) is 0 Å². The summed E-state index contributed by atoms with van der Waals surface area (Å²) in [6, 6.07) is 1.75. The van der Waals surface area contributed by atoms with Gasteiger partial charge in [-0.3, -0.25) is 9.78 Å². The first-order valence-electron chi connectivity index (χ1n) is 6.60. The van der Waals surface area contributed by atoms with Gasteiger partial charge in [-0.1, -0.05) is 13.3 Å². The molecular weight excluding hydrogens is 226 g/mol. The van der Waals surface area contributed by atoms with Gasteiger partial charge in [-0.05, 0) is 25.5 Å². The lowest BCUT2D eigenvalue weighted by atomic mass is 9.76. The molecule has 1 aliphatic heterocycles. The number of nitrogen functional groups attached to an aromatic ring is 1. The van der Waals surface area contributed by atoms with Crippen molar-refractivity contribution in [1.29, 1.82) is 0 Å². The number of carbonyl (C=O) groups excluding carboxylic acids is 1. The van der Waals surface area contributed by atoms with Gasteiger partial charge in [0.2, 0.25) is 0 Å². The Kier molecular flexibility index (Phi) is 3.97. The lowest BCUT2D eigenvalue weighted by Crippen LogP contribution is -2.34. The third-order valence-electron chi connectivity index (χ3n) is 3.86. The lowest BCUT2D eigenvalue weighted by Gasteiger charge is -2.26. The van der Waals surface area contributed by atoms with E-state index in [-0.39, 0.29) is 5.41 Å². The minimum Gasteiger partial charge on any atom is -0.398 e. The molecule has 4 heteroatoms. The number of nitrogens with one attached hydrogen (secondary N) is 1. The summed E-state index contributed by atoms with van der Waals surface area (Å²) in [4.78, 5) is 16.6. The number of nitrogens with zero attached hydrogens (tertiary/aromatic N) is 1. The van der Waals surface area contributed by atoms with Gasteiger partial charge >= 0.3 is 0 Å². The Hall–Kier alpha value is -1.42. The molecule has 98 valence electrons. The van der Waals surface area contributed by atoms with E-state index >= 15 is 0 Å². The number of pyridine rings is 1. The van der Waals surface area contributed by atoms with Gasteiger partial charge in [0, 0.05) is 42.0 Å². The van der Waals surface area contributed by atoms with Gasteiger partial charge in [-0.15, -0.1) is 0 Å². The molecule has 1 aromatic heterocycles. The summed E-state index contributed by atoms with van der Waals surface area (Å²) in [5, 5.41) is 3.31. The first-order valence-corrected chi connectivity index (χ1v) is 6.60. The molecule has 0 aliphatic carbocycles. The molecule has 1 atom stereocenters.